The Balaban J connectivity index is 2.70. The second-order valence-electron chi connectivity index (χ2n) is 7.72. The summed E-state index contributed by atoms with van der Waals surface area (Å²) in [6.45, 7) is 6.35. The summed E-state index contributed by atoms with van der Waals surface area (Å²) in [6.07, 6.45) is 1.40. The molecule has 1 aromatic heterocycles. The lowest BCUT2D eigenvalue weighted by atomic mass is 10.1. The van der Waals surface area contributed by atoms with Gasteiger partial charge in [0.05, 0.1) is 21.3 Å². The number of aromatic nitrogens is 2. The van der Waals surface area contributed by atoms with E-state index in [-0.39, 0.29) is 29.5 Å². The Morgan fingerprint density at radius 2 is 1.72 bits per heavy atom. The second-order valence-corrected chi connectivity index (χ2v) is 7.72. The van der Waals surface area contributed by atoms with Crippen LogP contribution in [0.15, 0.2) is 21.7 Å². The number of nitrogens with one attached hydrogen (secondary N) is 1. The topological polar surface area (TPSA) is 129 Å². The summed E-state index contributed by atoms with van der Waals surface area (Å²) in [4.78, 5) is 42.3. The molecule has 10 heteroatoms. The van der Waals surface area contributed by atoms with Crippen molar-refractivity contribution in [2.75, 3.05) is 38.5 Å². The van der Waals surface area contributed by atoms with Crippen molar-refractivity contribution in [3.63, 3.8) is 0 Å². The molecule has 32 heavy (non-hydrogen) atoms. The summed E-state index contributed by atoms with van der Waals surface area (Å²) in [5.41, 5.74) is 5.09. The van der Waals surface area contributed by atoms with Crippen LogP contribution in [0.3, 0.4) is 0 Å². The van der Waals surface area contributed by atoms with E-state index in [1.807, 2.05) is 20.8 Å². The first-order chi connectivity index (χ1) is 15.2. The van der Waals surface area contributed by atoms with Gasteiger partial charge < -0.3 is 24.8 Å². The van der Waals surface area contributed by atoms with Crippen LogP contribution in [0.25, 0.3) is 0 Å². The number of benzene rings is 1. The maximum atomic E-state index is 13.6. The number of nitrogens with zero attached hydrogens (tertiary/aromatic N) is 2. The molecule has 0 aliphatic carbocycles. The van der Waals surface area contributed by atoms with Gasteiger partial charge in [-0.1, -0.05) is 27.2 Å². The third kappa shape index (κ3) is 5.06. The maximum absolute atomic E-state index is 13.6. The number of rotatable bonds is 10. The molecule has 0 unspecified atom stereocenters. The lowest BCUT2D eigenvalue weighted by Crippen LogP contribution is -2.42. The molecule has 0 saturated carbocycles. The van der Waals surface area contributed by atoms with E-state index in [0.717, 1.165) is 6.42 Å². The molecule has 0 fully saturated rings. The molecule has 1 amide bonds. The molecule has 0 radical (unpaired) electrons. The van der Waals surface area contributed by atoms with Gasteiger partial charge in [-0.25, -0.2) is 4.79 Å². The zero-order valence-corrected chi connectivity index (χ0v) is 19.5. The molecule has 0 aliphatic heterocycles. The predicted molar refractivity (Wildman–Crippen MR) is 123 cm³/mol. The number of carbonyl (C=O) groups excluding carboxylic acids is 1. The number of unbranched alkanes of at least 4 members (excludes halogenated alkanes) is 1. The van der Waals surface area contributed by atoms with Crippen LogP contribution in [-0.4, -0.2) is 43.3 Å². The van der Waals surface area contributed by atoms with E-state index in [1.54, 1.807) is 0 Å². The van der Waals surface area contributed by atoms with Crippen molar-refractivity contribution >= 4 is 17.4 Å². The number of anilines is 2. The van der Waals surface area contributed by atoms with Crippen LogP contribution in [-0.2, 0) is 6.54 Å². The zero-order chi connectivity index (χ0) is 24.0. The summed E-state index contributed by atoms with van der Waals surface area (Å²) in [5, 5.41) is 0. The molecule has 1 aromatic carbocycles. The molecule has 0 aliphatic rings. The van der Waals surface area contributed by atoms with Gasteiger partial charge in [0.2, 0.25) is 5.75 Å². The van der Waals surface area contributed by atoms with Gasteiger partial charge >= 0.3 is 5.69 Å². The smallest absolute Gasteiger partial charge is 0.330 e. The highest BCUT2D eigenvalue weighted by Crippen LogP contribution is 2.38. The van der Waals surface area contributed by atoms with E-state index < -0.39 is 17.2 Å². The minimum Gasteiger partial charge on any atom is -0.493 e. The van der Waals surface area contributed by atoms with Gasteiger partial charge in [0, 0.05) is 18.7 Å². The second kappa shape index (κ2) is 10.7. The summed E-state index contributed by atoms with van der Waals surface area (Å²) in [5.74, 6) is 0.516. The lowest BCUT2D eigenvalue weighted by molar-refractivity contribution is 0.0985. The zero-order valence-electron chi connectivity index (χ0n) is 19.5. The Kier molecular flexibility index (Phi) is 8.34. The molecule has 176 valence electrons. The number of hydrogen-bond acceptors (Lipinski definition) is 7. The Morgan fingerprint density at radius 3 is 2.19 bits per heavy atom. The minimum absolute atomic E-state index is 0.0515. The van der Waals surface area contributed by atoms with Crippen LogP contribution in [0.5, 0.6) is 17.2 Å². The normalized spacial score (nSPS) is 10.8. The maximum Gasteiger partial charge on any atom is 0.330 e. The number of aromatic amines is 1. The highest BCUT2D eigenvalue weighted by atomic mass is 16.5. The average molecular weight is 449 g/mol. The molecule has 0 spiro atoms. The highest BCUT2D eigenvalue weighted by Gasteiger charge is 2.27. The number of H-pyrrole nitrogens is 1. The van der Waals surface area contributed by atoms with Gasteiger partial charge in [-0.05, 0) is 24.5 Å². The molecule has 10 nitrogen and oxygen atoms in total. The van der Waals surface area contributed by atoms with Gasteiger partial charge in [-0.15, -0.1) is 0 Å². The predicted octanol–water partition coefficient (Wildman–Crippen LogP) is 2.25. The molecular formula is C22H32N4O6. The van der Waals surface area contributed by atoms with Crippen molar-refractivity contribution in [2.45, 2.75) is 40.2 Å². The average Bonchev–Trinajstić information content (AvgIpc) is 2.76. The molecule has 0 atom stereocenters. The van der Waals surface area contributed by atoms with Gasteiger partial charge in [0.25, 0.3) is 11.5 Å². The van der Waals surface area contributed by atoms with Crippen molar-refractivity contribution in [3.05, 3.63) is 38.5 Å². The van der Waals surface area contributed by atoms with E-state index in [2.05, 4.69) is 4.98 Å². The third-order valence-corrected chi connectivity index (χ3v) is 4.92. The van der Waals surface area contributed by atoms with Crippen LogP contribution in [0.2, 0.25) is 0 Å². The fourth-order valence-corrected chi connectivity index (χ4v) is 3.38. The number of ether oxygens (including phenoxy) is 3. The van der Waals surface area contributed by atoms with Gasteiger partial charge in [-0.3, -0.25) is 19.1 Å². The number of methoxy groups -OCH3 is 3. The van der Waals surface area contributed by atoms with Gasteiger partial charge in [0.1, 0.15) is 5.82 Å². The monoisotopic (exact) mass is 448 g/mol. The summed E-state index contributed by atoms with van der Waals surface area (Å²) in [7, 11) is 4.36. The Hall–Kier alpha value is -3.43. The van der Waals surface area contributed by atoms with E-state index in [4.69, 9.17) is 19.9 Å². The first-order valence-electron chi connectivity index (χ1n) is 10.4. The van der Waals surface area contributed by atoms with Crippen molar-refractivity contribution in [2.24, 2.45) is 5.92 Å². The molecule has 2 rings (SSSR count). The number of nitrogen functional groups attached to an aromatic ring is 1. The molecule has 0 saturated heterocycles. The number of nitrogens with two attached hydrogens (primary N) is 1. The van der Waals surface area contributed by atoms with Crippen LogP contribution >= 0.6 is 0 Å². The highest BCUT2D eigenvalue weighted by molar-refractivity contribution is 6.08. The Bertz CT molecular complexity index is 1050. The number of carbonyl (C=O) groups is 1. The SMILES string of the molecule is CCCCN(C(=O)c1cc(OC)c(OC)c(OC)c1)c1c(N)n(CC(C)C)c(=O)[nH]c1=O. The summed E-state index contributed by atoms with van der Waals surface area (Å²) < 4.78 is 17.3. The van der Waals surface area contributed by atoms with E-state index in [0.29, 0.717) is 30.2 Å². The van der Waals surface area contributed by atoms with Crippen molar-refractivity contribution < 1.29 is 19.0 Å². The van der Waals surface area contributed by atoms with E-state index in [9.17, 15) is 14.4 Å². The van der Waals surface area contributed by atoms with Crippen molar-refractivity contribution in [1.29, 1.82) is 0 Å². The molecular weight excluding hydrogens is 416 g/mol. The summed E-state index contributed by atoms with van der Waals surface area (Å²) in [6, 6.07) is 3.02. The standard InChI is InChI=1S/C22H32N4O6/c1-7-8-9-25(17-19(23)26(12-13(2)3)22(29)24-20(17)27)21(28)14-10-15(30-4)18(32-6)16(11-14)31-5/h10-11,13H,7-9,12,23H2,1-6H3,(H,24,27,29). The van der Waals surface area contributed by atoms with Crippen LogP contribution in [0.1, 0.15) is 44.0 Å². The fourth-order valence-electron chi connectivity index (χ4n) is 3.38. The van der Waals surface area contributed by atoms with Crippen LogP contribution in [0, 0.1) is 5.92 Å². The first kappa shape index (κ1) is 24.8. The van der Waals surface area contributed by atoms with Crippen molar-refractivity contribution in [1.82, 2.24) is 9.55 Å². The lowest BCUT2D eigenvalue weighted by Gasteiger charge is -2.25. The molecule has 1 heterocycles. The van der Waals surface area contributed by atoms with Crippen LogP contribution in [0.4, 0.5) is 11.5 Å². The van der Waals surface area contributed by atoms with E-state index in [1.165, 1.54) is 42.9 Å². The molecule has 2 aromatic rings. The third-order valence-electron chi connectivity index (χ3n) is 4.92. The van der Waals surface area contributed by atoms with Crippen molar-refractivity contribution in [3.8, 4) is 17.2 Å². The fraction of sp³-hybridized carbons (Fsp3) is 0.500. The summed E-state index contributed by atoms with van der Waals surface area (Å²) >= 11 is 0. The van der Waals surface area contributed by atoms with Gasteiger partial charge in [-0.2, -0.15) is 0 Å². The van der Waals surface area contributed by atoms with Crippen LogP contribution < -0.4 is 36.1 Å². The first-order valence-corrected chi connectivity index (χ1v) is 10.4. The Morgan fingerprint density at radius 1 is 1.12 bits per heavy atom. The molecule has 3 N–H and O–H groups in total. The minimum atomic E-state index is -0.718. The quantitative estimate of drug-likeness (QED) is 0.570. The number of amides is 1. The number of hydrogen-bond donors (Lipinski definition) is 2. The Labute approximate surface area is 186 Å². The largest absolute Gasteiger partial charge is 0.493 e. The van der Waals surface area contributed by atoms with E-state index >= 15 is 0 Å². The van der Waals surface area contributed by atoms with Gasteiger partial charge in [0.15, 0.2) is 17.2 Å². The molecule has 0 bridgehead atoms.